The minimum Gasteiger partial charge on any atom is -0.311 e. The van der Waals surface area contributed by atoms with E-state index in [2.05, 4.69) is 21.2 Å². The molecule has 6 heteroatoms. The van der Waals surface area contributed by atoms with E-state index < -0.39 is 14.6 Å². The molecule has 0 radical (unpaired) electrons. The maximum Gasteiger partial charge on any atom is 0.153 e. The molecular formula is C12H17BrFNO2S. The van der Waals surface area contributed by atoms with Gasteiger partial charge in [0.1, 0.15) is 5.82 Å². The van der Waals surface area contributed by atoms with Crippen LogP contribution in [0.5, 0.6) is 0 Å². The van der Waals surface area contributed by atoms with E-state index in [4.69, 9.17) is 0 Å². The van der Waals surface area contributed by atoms with Crippen molar-refractivity contribution in [1.82, 2.24) is 5.32 Å². The number of benzene rings is 1. The first-order chi connectivity index (χ1) is 8.13. The van der Waals surface area contributed by atoms with Crippen molar-refractivity contribution in [2.24, 2.45) is 0 Å². The van der Waals surface area contributed by atoms with Crippen molar-refractivity contribution in [2.75, 3.05) is 12.8 Å². The van der Waals surface area contributed by atoms with Crippen molar-refractivity contribution in [1.29, 1.82) is 0 Å². The summed E-state index contributed by atoms with van der Waals surface area (Å²) in [7, 11) is -3.12. The molecule has 1 aromatic carbocycles. The lowest BCUT2D eigenvalue weighted by Crippen LogP contribution is -2.41. The summed E-state index contributed by atoms with van der Waals surface area (Å²) < 4.78 is 35.8. The van der Waals surface area contributed by atoms with Crippen molar-refractivity contribution in [3.63, 3.8) is 0 Å². The van der Waals surface area contributed by atoms with Gasteiger partial charge in [-0.2, -0.15) is 0 Å². The molecule has 18 heavy (non-hydrogen) atoms. The Bertz CT molecular complexity index is 529. The second-order valence-electron chi connectivity index (χ2n) is 4.88. The number of halogens is 2. The Kier molecular flexibility index (Phi) is 4.91. The van der Waals surface area contributed by atoms with Gasteiger partial charge in [-0.25, -0.2) is 12.8 Å². The van der Waals surface area contributed by atoms with Gasteiger partial charge in [0.2, 0.25) is 0 Å². The number of hydrogen-bond donors (Lipinski definition) is 1. The summed E-state index contributed by atoms with van der Waals surface area (Å²) >= 11 is 3.08. The molecule has 0 amide bonds. The topological polar surface area (TPSA) is 46.2 Å². The van der Waals surface area contributed by atoms with Gasteiger partial charge in [-0.1, -0.05) is 6.07 Å². The summed E-state index contributed by atoms with van der Waals surface area (Å²) in [4.78, 5) is 0. The van der Waals surface area contributed by atoms with E-state index in [0.717, 1.165) is 5.56 Å². The minimum absolute atomic E-state index is 0.323. The molecule has 0 atom stereocenters. The van der Waals surface area contributed by atoms with E-state index in [1.807, 2.05) is 0 Å². The van der Waals surface area contributed by atoms with Crippen molar-refractivity contribution >= 4 is 25.8 Å². The molecule has 1 N–H and O–H groups in total. The highest BCUT2D eigenvalue weighted by Gasteiger charge is 2.29. The van der Waals surface area contributed by atoms with Gasteiger partial charge in [-0.15, -0.1) is 0 Å². The van der Waals surface area contributed by atoms with Crippen molar-refractivity contribution in [2.45, 2.75) is 25.1 Å². The molecule has 1 rings (SSSR count). The van der Waals surface area contributed by atoms with Crippen LogP contribution < -0.4 is 5.32 Å². The van der Waals surface area contributed by atoms with Gasteiger partial charge < -0.3 is 5.32 Å². The summed E-state index contributed by atoms with van der Waals surface area (Å²) in [6, 6.07) is 4.84. The number of rotatable bonds is 5. The fourth-order valence-electron chi connectivity index (χ4n) is 1.29. The summed E-state index contributed by atoms with van der Waals surface area (Å²) in [6.45, 7) is 4.08. The Balaban J connectivity index is 2.60. The second kappa shape index (κ2) is 5.67. The van der Waals surface area contributed by atoms with Crippen LogP contribution in [0.4, 0.5) is 4.39 Å². The van der Waals surface area contributed by atoms with Crippen LogP contribution in [0.3, 0.4) is 0 Å². The molecule has 0 aliphatic rings. The molecule has 0 aliphatic heterocycles. The lowest BCUT2D eigenvalue weighted by molar-refractivity contribution is 0.520. The third-order valence-corrected chi connectivity index (χ3v) is 5.66. The van der Waals surface area contributed by atoms with Crippen LogP contribution in [0.1, 0.15) is 19.4 Å². The van der Waals surface area contributed by atoms with E-state index >= 15 is 0 Å². The highest BCUT2D eigenvalue weighted by Crippen LogP contribution is 2.17. The number of sulfone groups is 1. The lowest BCUT2D eigenvalue weighted by atomic mass is 10.2. The first-order valence-corrected chi connectivity index (χ1v) is 8.16. The summed E-state index contributed by atoms with van der Waals surface area (Å²) in [6.07, 6.45) is 1.22. The highest BCUT2D eigenvalue weighted by atomic mass is 79.9. The van der Waals surface area contributed by atoms with Crippen LogP contribution in [-0.4, -0.2) is 26.0 Å². The molecule has 0 heterocycles. The van der Waals surface area contributed by atoms with E-state index in [-0.39, 0.29) is 5.82 Å². The van der Waals surface area contributed by atoms with E-state index in [0.29, 0.717) is 17.6 Å². The molecule has 0 saturated carbocycles. The molecule has 0 aliphatic carbocycles. The molecule has 0 aromatic heterocycles. The first kappa shape index (κ1) is 15.6. The third kappa shape index (κ3) is 4.03. The normalized spacial score (nSPS) is 12.7. The minimum atomic E-state index is -3.12. The summed E-state index contributed by atoms with van der Waals surface area (Å²) in [5, 5.41) is 3.03. The predicted molar refractivity (Wildman–Crippen MR) is 74.7 cm³/mol. The van der Waals surface area contributed by atoms with E-state index in [9.17, 15) is 12.8 Å². The van der Waals surface area contributed by atoms with Gasteiger partial charge in [-0.05, 0) is 47.5 Å². The Morgan fingerprint density at radius 2 is 2.00 bits per heavy atom. The van der Waals surface area contributed by atoms with Gasteiger partial charge in [0, 0.05) is 19.3 Å². The molecular weight excluding hydrogens is 321 g/mol. The maximum atomic E-state index is 13.3. The van der Waals surface area contributed by atoms with Crippen molar-refractivity contribution in [3.8, 4) is 0 Å². The Morgan fingerprint density at radius 3 is 2.50 bits per heavy atom. The van der Waals surface area contributed by atoms with Gasteiger partial charge in [0.25, 0.3) is 0 Å². The second-order valence-corrected chi connectivity index (χ2v) is 8.39. The largest absolute Gasteiger partial charge is 0.311 e. The average Bonchev–Trinajstić information content (AvgIpc) is 2.21. The Hall–Kier alpha value is -0.460. The maximum absolute atomic E-state index is 13.3. The number of nitrogens with one attached hydrogen (secondary N) is 1. The zero-order valence-corrected chi connectivity index (χ0v) is 13.0. The van der Waals surface area contributed by atoms with Crippen molar-refractivity contribution < 1.29 is 12.8 Å². The zero-order valence-electron chi connectivity index (χ0n) is 10.6. The summed E-state index contributed by atoms with van der Waals surface area (Å²) in [5.74, 6) is -0.323. The predicted octanol–water partition coefficient (Wildman–Crippen LogP) is 2.50. The van der Waals surface area contributed by atoms with Crippen LogP contribution in [0, 0.1) is 5.82 Å². The molecule has 1 aromatic rings. The van der Waals surface area contributed by atoms with Gasteiger partial charge >= 0.3 is 0 Å². The van der Waals surface area contributed by atoms with Crippen LogP contribution in [0.25, 0.3) is 0 Å². The van der Waals surface area contributed by atoms with Crippen molar-refractivity contribution in [3.05, 3.63) is 34.1 Å². The van der Waals surface area contributed by atoms with E-state index in [1.54, 1.807) is 26.0 Å². The Labute approximate surface area is 116 Å². The van der Waals surface area contributed by atoms with Crippen LogP contribution in [0.2, 0.25) is 0 Å². The first-order valence-electron chi connectivity index (χ1n) is 5.48. The van der Waals surface area contributed by atoms with Crippen LogP contribution in [-0.2, 0) is 16.4 Å². The molecule has 0 saturated heterocycles. The number of hydrogen-bond acceptors (Lipinski definition) is 3. The quantitative estimate of drug-likeness (QED) is 0.897. The standard InChI is InChI=1S/C12H17BrFNO2S/c1-12(2,18(3,16)17)8-15-7-9-4-5-10(13)11(14)6-9/h4-6,15H,7-8H2,1-3H3. The molecule has 3 nitrogen and oxygen atoms in total. The molecule has 0 unspecified atom stereocenters. The van der Waals surface area contributed by atoms with Gasteiger partial charge in [-0.3, -0.25) is 0 Å². The average molecular weight is 338 g/mol. The zero-order chi connectivity index (χ0) is 14.0. The third-order valence-electron chi connectivity index (χ3n) is 2.87. The fraction of sp³-hybridized carbons (Fsp3) is 0.500. The highest BCUT2D eigenvalue weighted by molar-refractivity contribution is 9.10. The van der Waals surface area contributed by atoms with E-state index in [1.165, 1.54) is 12.3 Å². The fourth-order valence-corrected chi connectivity index (χ4v) is 1.90. The van der Waals surface area contributed by atoms with Crippen LogP contribution in [0.15, 0.2) is 22.7 Å². The molecule has 0 fully saturated rings. The van der Waals surface area contributed by atoms with Gasteiger partial charge in [0.05, 0.1) is 9.22 Å². The SMILES string of the molecule is CC(C)(CNCc1ccc(Br)c(F)c1)S(C)(=O)=O. The monoisotopic (exact) mass is 337 g/mol. The lowest BCUT2D eigenvalue weighted by Gasteiger charge is -2.22. The smallest absolute Gasteiger partial charge is 0.153 e. The summed E-state index contributed by atoms with van der Waals surface area (Å²) in [5.41, 5.74) is 0.778. The Morgan fingerprint density at radius 1 is 1.39 bits per heavy atom. The molecule has 102 valence electrons. The van der Waals surface area contributed by atoms with Crippen LogP contribution >= 0.6 is 15.9 Å². The molecule has 0 bridgehead atoms. The molecule has 0 spiro atoms. The van der Waals surface area contributed by atoms with Gasteiger partial charge in [0.15, 0.2) is 9.84 Å².